The molecule has 84 valence electrons. The molecule has 0 aliphatic carbocycles. The lowest BCUT2D eigenvalue weighted by molar-refractivity contribution is -0.117. The van der Waals surface area contributed by atoms with E-state index in [2.05, 4.69) is 9.97 Å². The van der Waals surface area contributed by atoms with Gasteiger partial charge in [-0.3, -0.25) is 4.79 Å². The summed E-state index contributed by atoms with van der Waals surface area (Å²) >= 11 is 5.63. The highest BCUT2D eigenvalue weighted by Gasteiger charge is 2.08. The summed E-state index contributed by atoms with van der Waals surface area (Å²) in [7, 11) is 1.63. The second-order valence-electron chi connectivity index (χ2n) is 3.49. The van der Waals surface area contributed by atoms with Crippen molar-refractivity contribution in [2.75, 3.05) is 7.05 Å². The van der Waals surface area contributed by atoms with Crippen molar-refractivity contribution in [2.24, 2.45) is 0 Å². The molecule has 1 amide bonds. The predicted molar refractivity (Wildman–Crippen MR) is 58.6 cm³/mol. The summed E-state index contributed by atoms with van der Waals surface area (Å²) in [6.45, 7) is 0.345. The molecule has 1 heterocycles. The summed E-state index contributed by atoms with van der Waals surface area (Å²) in [5, 5.41) is 0.0364. The SMILES string of the molecule is CN(C=O)Cc1nc2cc(Cl)c(F)cc2[nH]1. The molecule has 1 N–H and O–H groups in total. The second-order valence-corrected chi connectivity index (χ2v) is 3.89. The number of amides is 1. The lowest BCUT2D eigenvalue weighted by atomic mass is 10.3. The van der Waals surface area contributed by atoms with Crippen LogP contribution in [0.2, 0.25) is 5.02 Å². The number of aromatic amines is 1. The van der Waals surface area contributed by atoms with Crippen LogP contribution in [0, 0.1) is 5.82 Å². The number of benzene rings is 1. The molecule has 2 aromatic rings. The van der Waals surface area contributed by atoms with Gasteiger partial charge in [0, 0.05) is 13.1 Å². The van der Waals surface area contributed by atoms with Crippen molar-refractivity contribution in [3.63, 3.8) is 0 Å². The highest BCUT2D eigenvalue weighted by atomic mass is 35.5. The number of imidazole rings is 1. The molecule has 4 nitrogen and oxygen atoms in total. The maximum atomic E-state index is 13.1. The van der Waals surface area contributed by atoms with E-state index < -0.39 is 5.82 Å². The van der Waals surface area contributed by atoms with Crippen LogP contribution >= 0.6 is 11.6 Å². The molecular formula is C10H9ClFN3O. The lowest BCUT2D eigenvalue weighted by Crippen LogP contribution is -2.15. The van der Waals surface area contributed by atoms with Crippen molar-refractivity contribution >= 4 is 29.0 Å². The quantitative estimate of drug-likeness (QED) is 0.835. The van der Waals surface area contributed by atoms with Crippen LogP contribution in [0.1, 0.15) is 5.82 Å². The fourth-order valence-corrected chi connectivity index (χ4v) is 1.56. The summed E-state index contributed by atoms with van der Waals surface area (Å²) in [6.07, 6.45) is 0.695. The predicted octanol–water partition coefficient (Wildman–Crippen LogP) is 1.94. The molecule has 6 heteroatoms. The molecule has 0 aliphatic heterocycles. The lowest BCUT2D eigenvalue weighted by Gasteiger charge is -2.06. The number of carbonyl (C=O) groups is 1. The third-order valence-electron chi connectivity index (χ3n) is 2.15. The molecule has 1 aromatic heterocycles. The molecule has 1 aromatic carbocycles. The average Bonchev–Trinajstić information content (AvgIpc) is 2.60. The van der Waals surface area contributed by atoms with Gasteiger partial charge in [-0.25, -0.2) is 9.37 Å². The maximum absolute atomic E-state index is 13.1. The van der Waals surface area contributed by atoms with E-state index in [1.165, 1.54) is 17.0 Å². The summed E-state index contributed by atoms with van der Waals surface area (Å²) < 4.78 is 13.1. The van der Waals surface area contributed by atoms with E-state index in [1.54, 1.807) is 7.05 Å². The number of hydrogen-bond acceptors (Lipinski definition) is 2. The van der Waals surface area contributed by atoms with Gasteiger partial charge in [0.2, 0.25) is 6.41 Å². The van der Waals surface area contributed by atoms with E-state index in [9.17, 15) is 9.18 Å². The molecule has 0 spiro atoms. The molecule has 0 saturated carbocycles. The van der Waals surface area contributed by atoms with Gasteiger partial charge in [-0.15, -0.1) is 0 Å². The van der Waals surface area contributed by atoms with Crippen molar-refractivity contribution in [1.82, 2.24) is 14.9 Å². The molecule has 0 fully saturated rings. The molecule has 0 unspecified atom stereocenters. The monoisotopic (exact) mass is 241 g/mol. The van der Waals surface area contributed by atoms with Gasteiger partial charge in [0.15, 0.2) is 0 Å². The van der Waals surface area contributed by atoms with Crippen LogP contribution in [0.4, 0.5) is 4.39 Å². The Labute approximate surface area is 96.0 Å². The number of hydrogen-bond donors (Lipinski definition) is 1. The van der Waals surface area contributed by atoms with Crippen molar-refractivity contribution in [1.29, 1.82) is 0 Å². The van der Waals surface area contributed by atoms with Gasteiger partial charge in [-0.05, 0) is 6.07 Å². The minimum absolute atomic E-state index is 0.0364. The minimum atomic E-state index is -0.492. The Morgan fingerprint density at radius 1 is 1.62 bits per heavy atom. The highest BCUT2D eigenvalue weighted by molar-refractivity contribution is 6.31. The molecule has 0 saturated heterocycles. The number of aromatic nitrogens is 2. The Bertz CT molecular complexity index is 501. The summed E-state index contributed by atoms with van der Waals surface area (Å²) in [5.74, 6) is 0.0966. The van der Waals surface area contributed by atoms with Crippen LogP contribution in [0.3, 0.4) is 0 Å². The molecule has 0 bridgehead atoms. The Kier molecular flexibility index (Phi) is 2.78. The molecule has 16 heavy (non-hydrogen) atoms. The standard InChI is InChI=1S/C10H9ClFN3O/c1-15(5-16)4-10-13-8-2-6(11)7(12)3-9(8)14-10/h2-3,5H,4H2,1H3,(H,13,14). The first-order valence-electron chi connectivity index (χ1n) is 4.59. The minimum Gasteiger partial charge on any atom is -0.341 e. The van der Waals surface area contributed by atoms with E-state index in [4.69, 9.17) is 11.6 Å². The van der Waals surface area contributed by atoms with Crippen molar-refractivity contribution in [2.45, 2.75) is 6.54 Å². The van der Waals surface area contributed by atoms with Gasteiger partial charge in [-0.2, -0.15) is 0 Å². The fourth-order valence-electron chi connectivity index (χ4n) is 1.41. The third kappa shape index (κ3) is 1.99. The number of nitrogens with zero attached hydrogens (tertiary/aromatic N) is 2. The van der Waals surface area contributed by atoms with Gasteiger partial charge in [-0.1, -0.05) is 11.6 Å². The maximum Gasteiger partial charge on any atom is 0.209 e. The number of nitrogens with one attached hydrogen (secondary N) is 1. The largest absolute Gasteiger partial charge is 0.341 e. The average molecular weight is 242 g/mol. The molecule has 2 rings (SSSR count). The van der Waals surface area contributed by atoms with E-state index in [0.717, 1.165) is 0 Å². The highest BCUT2D eigenvalue weighted by Crippen LogP contribution is 2.21. The molecule has 0 aliphatic rings. The summed E-state index contributed by atoms with van der Waals surface area (Å²) in [4.78, 5) is 19.0. The van der Waals surface area contributed by atoms with Gasteiger partial charge >= 0.3 is 0 Å². The summed E-state index contributed by atoms with van der Waals surface area (Å²) in [5.41, 5.74) is 1.15. The Morgan fingerprint density at radius 2 is 2.38 bits per heavy atom. The van der Waals surface area contributed by atoms with Crippen molar-refractivity contribution in [3.8, 4) is 0 Å². The molecule has 0 radical (unpaired) electrons. The van der Waals surface area contributed by atoms with Gasteiger partial charge < -0.3 is 9.88 Å². The van der Waals surface area contributed by atoms with Gasteiger partial charge in [0.1, 0.15) is 11.6 Å². The van der Waals surface area contributed by atoms with Crippen LogP contribution < -0.4 is 0 Å². The Balaban J connectivity index is 2.40. The Hall–Kier alpha value is -1.62. The first-order valence-corrected chi connectivity index (χ1v) is 4.97. The first kappa shape index (κ1) is 10.9. The summed E-state index contributed by atoms with van der Waals surface area (Å²) in [6, 6.07) is 2.74. The van der Waals surface area contributed by atoms with E-state index in [0.29, 0.717) is 29.8 Å². The van der Waals surface area contributed by atoms with Crippen LogP contribution in [0.25, 0.3) is 11.0 Å². The van der Waals surface area contributed by atoms with Crippen molar-refractivity contribution in [3.05, 3.63) is 28.8 Å². The number of H-pyrrole nitrogens is 1. The van der Waals surface area contributed by atoms with Crippen LogP contribution in [0.15, 0.2) is 12.1 Å². The number of halogens is 2. The number of fused-ring (bicyclic) bond motifs is 1. The zero-order valence-corrected chi connectivity index (χ0v) is 9.25. The molecular weight excluding hydrogens is 233 g/mol. The van der Waals surface area contributed by atoms with E-state index >= 15 is 0 Å². The molecule has 0 atom stereocenters. The van der Waals surface area contributed by atoms with Crippen molar-refractivity contribution < 1.29 is 9.18 Å². The van der Waals surface area contributed by atoms with Crippen LogP contribution in [-0.2, 0) is 11.3 Å². The van der Waals surface area contributed by atoms with Crippen LogP contribution in [0.5, 0.6) is 0 Å². The smallest absolute Gasteiger partial charge is 0.209 e. The van der Waals surface area contributed by atoms with E-state index in [-0.39, 0.29) is 5.02 Å². The number of carbonyl (C=O) groups excluding carboxylic acids is 1. The topological polar surface area (TPSA) is 49.0 Å². The van der Waals surface area contributed by atoms with Gasteiger partial charge in [0.25, 0.3) is 0 Å². The second kappa shape index (κ2) is 4.09. The normalized spacial score (nSPS) is 10.7. The fraction of sp³-hybridized carbons (Fsp3) is 0.200. The van der Waals surface area contributed by atoms with Gasteiger partial charge in [0.05, 0.1) is 22.6 Å². The third-order valence-corrected chi connectivity index (χ3v) is 2.44. The Morgan fingerprint density at radius 3 is 3.06 bits per heavy atom. The van der Waals surface area contributed by atoms with E-state index in [1.807, 2.05) is 0 Å². The van der Waals surface area contributed by atoms with Crippen LogP contribution in [-0.4, -0.2) is 28.3 Å². The number of rotatable bonds is 3. The first-order chi connectivity index (χ1) is 7.60. The zero-order chi connectivity index (χ0) is 11.7. The zero-order valence-electron chi connectivity index (χ0n) is 8.50.